The molecule has 2 rings (SSSR count). The summed E-state index contributed by atoms with van der Waals surface area (Å²) >= 11 is 0. The van der Waals surface area contributed by atoms with Gasteiger partial charge in [-0.05, 0) is 24.3 Å². The molecule has 2 aromatic heterocycles. The Bertz CT molecular complexity index is 324. The van der Waals surface area contributed by atoms with Gasteiger partial charge in [-0.15, -0.1) is 0 Å². The van der Waals surface area contributed by atoms with Crippen LogP contribution in [0.1, 0.15) is 0 Å². The van der Waals surface area contributed by atoms with E-state index < -0.39 is 9.52 Å². The number of hydrogen-bond acceptors (Lipinski definition) is 2. The second kappa shape index (κ2) is 3.96. The molecule has 0 amide bonds. The Kier molecular flexibility index (Phi) is 2.47. The SMILES string of the molecule is c1ccc([SiH2]c2ccccn2)nc1. The van der Waals surface area contributed by atoms with Crippen molar-refractivity contribution in [3.63, 3.8) is 0 Å². The van der Waals surface area contributed by atoms with Gasteiger partial charge in [0.1, 0.15) is 9.52 Å². The molecule has 3 heteroatoms. The summed E-state index contributed by atoms with van der Waals surface area (Å²) < 4.78 is 0. The fourth-order valence-corrected chi connectivity index (χ4v) is 2.46. The average molecular weight is 186 g/mol. The molecule has 0 saturated carbocycles. The standard InChI is InChI=1S/C10H10N2Si/c1-3-7-11-9(5-1)13-10-6-2-4-8-12-10/h1-8H,13H2. The first-order chi connectivity index (χ1) is 6.45. The molecule has 0 aliphatic heterocycles. The van der Waals surface area contributed by atoms with Crippen molar-refractivity contribution in [2.75, 3.05) is 0 Å². The van der Waals surface area contributed by atoms with Crippen molar-refractivity contribution in [3.8, 4) is 0 Å². The Labute approximate surface area is 79.5 Å². The van der Waals surface area contributed by atoms with E-state index >= 15 is 0 Å². The van der Waals surface area contributed by atoms with Gasteiger partial charge in [0.25, 0.3) is 0 Å². The van der Waals surface area contributed by atoms with Crippen LogP contribution in [-0.4, -0.2) is 19.5 Å². The third-order valence-corrected chi connectivity index (χ3v) is 3.38. The number of aromatic nitrogens is 2. The highest BCUT2D eigenvalue weighted by Gasteiger charge is 1.96. The molecule has 64 valence electrons. The van der Waals surface area contributed by atoms with Crippen molar-refractivity contribution in [2.24, 2.45) is 0 Å². The molecule has 0 aliphatic rings. The van der Waals surface area contributed by atoms with Gasteiger partial charge in [0.05, 0.1) is 0 Å². The average Bonchev–Trinajstić information content (AvgIpc) is 2.21. The Hall–Kier alpha value is -1.48. The lowest BCUT2D eigenvalue weighted by Crippen LogP contribution is -2.30. The fourth-order valence-electron chi connectivity index (χ4n) is 1.19. The summed E-state index contributed by atoms with van der Waals surface area (Å²) in [6, 6.07) is 12.1. The summed E-state index contributed by atoms with van der Waals surface area (Å²) in [4.78, 5) is 8.59. The van der Waals surface area contributed by atoms with Crippen LogP contribution in [0.15, 0.2) is 48.8 Å². The molecule has 0 bridgehead atoms. The van der Waals surface area contributed by atoms with Crippen molar-refractivity contribution < 1.29 is 0 Å². The zero-order chi connectivity index (χ0) is 8.93. The quantitative estimate of drug-likeness (QED) is 0.596. The zero-order valence-electron chi connectivity index (χ0n) is 7.22. The summed E-state index contributed by atoms with van der Waals surface area (Å²) in [5, 5.41) is 2.39. The number of nitrogens with zero attached hydrogens (tertiary/aromatic N) is 2. The largest absolute Gasteiger partial charge is 0.266 e. The number of hydrogen-bond donors (Lipinski definition) is 0. The number of rotatable bonds is 2. The van der Waals surface area contributed by atoms with E-state index in [1.54, 1.807) is 0 Å². The molecule has 2 nitrogen and oxygen atoms in total. The van der Waals surface area contributed by atoms with E-state index in [0.717, 1.165) is 0 Å². The highest BCUT2D eigenvalue weighted by atomic mass is 28.2. The lowest BCUT2D eigenvalue weighted by atomic mass is 10.5. The van der Waals surface area contributed by atoms with Gasteiger partial charge in [-0.1, -0.05) is 12.1 Å². The van der Waals surface area contributed by atoms with Gasteiger partial charge in [0.2, 0.25) is 0 Å². The lowest BCUT2D eigenvalue weighted by Gasteiger charge is -1.97. The van der Waals surface area contributed by atoms with Crippen LogP contribution in [0.2, 0.25) is 0 Å². The van der Waals surface area contributed by atoms with Gasteiger partial charge >= 0.3 is 0 Å². The number of pyridine rings is 2. The Morgan fingerprint density at radius 1 is 0.769 bits per heavy atom. The minimum atomic E-state index is -0.456. The molecule has 0 aliphatic carbocycles. The predicted octanol–water partition coefficient (Wildman–Crippen LogP) is -0.404. The van der Waals surface area contributed by atoms with Crippen LogP contribution in [0.25, 0.3) is 0 Å². The van der Waals surface area contributed by atoms with Crippen molar-refractivity contribution >= 4 is 20.2 Å². The van der Waals surface area contributed by atoms with Crippen molar-refractivity contribution in [3.05, 3.63) is 48.8 Å². The van der Waals surface area contributed by atoms with E-state index in [2.05, 4.69) is 22.1 Å². The second-order valence-corrected chi connectivity index (χ2v) is 4.62. The third-order valence-electron chi connectivity index (χ3n) is 1.81. The summed E-state index contributed by atoms with van der Waals surface area (Å²) in [6.45, 7) is 0. The van der Waals surface area contributed by atoms with Gasteiger partial charge in [-0.25, -0.2) is 0 Å². The molecule has 0 atom stereocenters. The van der Waals surface area contributed by atoms with E-state index in [1.807, 2.05) is 36.7 Å². The Morgan fingerprint density at radius 3 is 1.69 bits per heavy atom. The van der Waals surface area contributed by atoms with E-state index in [1.165, 1.54) is 10.6 Å². The van der Waals surface area contributed by atoms with Crippen molar-refractivity contribution in [2.45, 2.75) is 0 Å². The van der Waals surface area contributed by atoms with Gasteiger partial charge in [0.15, 0.2) is 0 Å². The van der Waals surface area contributed by atoms with E-state index in [-0.39, 0.29) is 0 Å². The monoisotopic (exact) mass is 186 g/mol. The molecule has 0 radical (unpaired) electrons. The molecule has 2 heterocycles. The summed E-state index contributed by atoms with van der Waals surface area (Å²) in [5.74, 6) is 0. The molecule has 13 heavy (non-hydrogen) atoms. The van der Waals surface area contributed by atoms with Crippen LogP contribution in [-0.2, 0) is 0 Å². The Morgan fingerprint density at radius 2 is 1.31 bits per heavy atom. The third kappa shape index (κ3) is 2.22. The molecular weight excluding hydrogens is 176 g/mol. The summed E-state index contributed by atoms with van der Waals surface area (Å²) in [7, 11) is -0.456. The topological polar surface area (TPSA) is 25.8 Å². The van der Waals surface area contributed by atoms with Crippen LogP contribution in [0.5, 0.6) is 0 Å². The first-order valence-corrected chi connectivity index (χ1v) is 5.66. The normalized spacial score (nSPS) is 9.85. The first-order valence-electron chi connectivity index (χ1n) is 4.25. The fraction of sp³-hybridized carbons (Fsp3) is 0. The van der Waals surface area contributed by atoms with Gasteiger partial charge < -0.3 is 0 Å². The van der Waals surface area contributed by atoms with Gasteiger partial charge in [0, 0.05) is 23.0 Å². The highest BCUT2D eigenvalue weighted by molar-refractivity contribution is 6.65. The second-order valence-electron chi connectivity index (χ2n) is 2.82. The van der Waals surface area contributed by atoms with Crippen LogP contribution < -0.4 is 10.6 Å². The molecule has 0 spiro atoms. The molecular formula is C10H10N2Si. The first kappa shape index (κ1) is 8.13. The van der Waals surface area contributed by atoms with Crippen LogP contribution in [0, 0.1) is 0 Å². The van der Waals surface area contributed by atoms with Gasteiger partial charge in [-0.2, -0.15) is 0 Å². The maximum Gasteiger partial charge on any atom is 0.134 e. The van der Waals surface area contributed by atoms with Gasteiger partial charge in [-0.3, -0.25) is 9.97 Å². The van der Waals surface area contributed by atoms with Crippen LogP contribution in [0.4, 0.5) is 0 Å². The molecule has 0 N–H and O–H groups in total. The van der Waals surface area contributed by atoms with Crippen molar-refractivity contribution in [1.82, 2.24) is 9.97 Å². The van der Waals surface area contributed by atoms with E-state index in [0.29, 0.717) is 0 Å². The summed E-state index contributed by atoms with van der Waals surface area (Å²) in [5.41, 5.74) is 0. The maximum absolute atomic E-state index is 4.30. The molecule has 0 saturated heterocycles. The molecule has 0 aromatic carbocycles. The predicted molar refractivity (Wildman–Crippen MR) is 56.3 cm³/mol. The van der Waals surface area contributed by atoms with Crippen molar-refractivity contribution in [1.29, 1.82) is 0 Å². The smallest absolute Gasteiger partial charge is 0.134 e. The maximum atomic E-state index is 4.30. The minimum absolute atomic E-state index is 0.456. The Balaban J connectivity index is 2.16. The van der Waals surface area contributed by atoms with Crippen LogP contribution in [0.3, 0.4) is 0 Å². The van der Waals surface area contributed by atoms with E-state index in [4.69, 9.17) is 0 Å². The minimum Gasteiger partial charge on any atom is -0.266 e. The zero-order valence-corrected chi connectivity index (χ0v) is 8.63. The van der Waals surface area contributed by atoms with E-state index in [9.17, 15) is 0 Å². The summed E-state index contributed by atoms with van der Waals surface area (Å²) in [6.07, 6.45) is 3.68. The van der Waals surface area contributed by atoms with Crippen LogP contribution >= 0.6 is 0 Å². The highest BCUT2D eigenvalue weighted by Crippen LogP contribution is 1.78. The molecule has 2 aromatic rings. The molecule has 0 fully saturated rings. The molecule has 0 unspecified atom stereocenters. The lowest BCUT2D eigenvalue weighted by molar-refractivity contribution is 1.36.